The van der Waals surface area contributed by atoms with E-state index >= 15 is 0 Å². The van der Waals surface area contributed by atoms with E-state index in [0.29, 0.717) is 106 Å². The van der Waals surface area contributed by atoms with Crippen LogP contribution in [0.1, 0.15) is 55.0 Å². The number of hydrazone groups is 1. The Hall–Kier alpha value is -7.47. The molecule has 6 rings (SSSR count). The predicted octanol–water partition coefficient (Wildman–Crippen LogP) is 6.80. The van der Waals surface area contributed by atoms with Crippen molar-refractivity contribution in [3.63, 3.8) is 0 Å². The Morgan fingerprint density at radius 2 is 1.52 bits per heavy atom. The van der Waals surface area contributed by atoms with Crippen LogP contribution in [-0.2, 0) is 41.4 Å². The number of aliphatic imine (C=N–C) groups is 1. The number of rotatable bonds is 38. The Bertz CT molecular complexity index is 2730. The third-order valence-electron chi connectivity index (χ3n) is 13.6. The van der Waals surface area contributed by atoms with Gasteiger partial charge in [-0.25, -0.2) is 9.78 Å². The van der Waals surface area contributed by atoms with Crippen LogP contribution in [0.5, 0.6) is 17.2 Å². The molecule has 1 aliphatic heterocycles. The van der Waals surface area contributed by atoms with Gasteiger partial charge in [0, 0.05) is 69.0 Å². The summed E-state index contributed by atoms with van der Waals surface area (Å²) in [5.41, 5.74) is 4.28. The van der Waals surface area contributed by atoms with Crippen LogP contribution in [-0.4, -0.2) is 193 Å². The first-order chi connectivity index (χ1) is 40.4. The summed E-state index contributed by atoms with van der Waals surface area (Å²) in [6.07, 6.45) is 11.3. The van der Waals surface area contributed by atoms with Gasteiger partial charge in [0.2, 0.25) is 17.7 Å². The standard InChI is InChI=1S/C61H83N11O10S/c1-6-10-46(7-2)42-64-59(75)58(48-14-22-53(77-5)23-15-48)72(52-18-19-52)56(73)26-13-47-11-20-54(21-12-47)81-34-9-8-28-69(3)33-36-79-37-38-80-44-51(68-62)43-63-27-35-78-39-40-82-55-24-16-49(17-25-55)65-60(76)67-61-66-50(45-83-61)41-57(74)71-31-29-70(4)30-32-71/h6-7,10-12,14-17,20-25,43,45,52,58H,1-2,8-9,13,18-19,26-42,44,62H2,3-5H3,(H,64,75)(H2,65,66,67,76)/b46-10+,63-43?,68-51+. The first-order valence-corrected chi connectivity index (χ1v) is 29.1. The molecule has 5 N–H and O–H groups in total. The minimum atomic E-state index is -0.781. The topological polar surface area (TPSA) is 236 Å². The van der Waals surface area contributed by atoms with Crippen molar-refractivity contribution in [3.05, 3.63) is 132 Å². The first-order valence-electron chi connectivity index (χ1n) is 28.2. The molecule has 0 spiro atoms. The summed E-state index contributed by atoms with van der Waals surface area (Å²) in [4.78, 5) is 69.8. The Morgan fingerprint density at radius 3 is 2.22 bits per heavy atom. The molecule has 1 atom stereocenters. The zero-order valence-electron chi connectivity index (χ0n) is 48.3. The second-order valence-electron chi connectivity index (χ2n) is 20.0. The van der Waals surface area contributed by atoms with Gasteiger partial charge in [0.15, 0.2) is 5.13 Å². The summed E-state index contributed by atoms with van der Waals surface area (Å²) >= 11 is 1.28. The fraction of sp³-hybridized carbons (Fsp3) is 0.459. The number of nitrogens with zero attached hydrogens (tertiary/aromatic N) is 7. The van der Waals surface area contributed by atoms with Gasteiger partial charge in [0.05, 0.1) is 72.0 Å². The number of amides is 5. The maximum atomic E-state index is 14.0. The van der Waals surface area contributed by atoms with Gasteiger partial charge in [-0.2, -0.15) is 5.10 Å². The van der Waals surface area contributed by atoms with Crippen molar-refractivity contribution in [1.82, 2.24) is 29.9 Å². The first kappa shape index (κ1) is 64.7. The van der Waals surface area contributed by atoms with Gasteiger partial charge in [-0.15, -0.1) is 11.3 Å². The fourth-order valence-electron chi connectivity index (χ4n) is 8.69. The third-order valence-corrected chi connectivity index (χ3v) is 14.4. The minimum Gasteiger partial charge on any atom is -0.497 e. The number of ether oxygens (including phenoxy) is 6. The molecule has 22 heteroatoms. The van der Waals surface area contributed by atoms with Crippen molar-refractivity contribution in [2.75, 3.05) is 137 Å². The number of unbranched alkanes of at least 4 members (excludes halogenated alkanes) is 1. The van der Waals surface area contributed by atoms with Crippen LogP contribution in [0.15, 0.2) is 125 Å². The molecular weight excluding hydrogens is 1080 g/mol. The molecule has 2 fully saturated rings. The van der Waals surface area contributed by atoms with Gasteiger partial charge < -0.3 is 64.5 Å². The maximum Gasteiger partial charge on any atom is 0.325 e. The highest BCUT2D eigenvalue weighted by molar-refractivity contribution is 7.14. The number of methoxy groups -OCH3 is 1. The summed E-state index contributed by atoms with van der Waals surface area (Å²) in [5.74, 6) is 7.36. The molecule has 0 bridgehead atoms. The number of allylic oxidation sites excluding steroid dienone is 2. The quantitative estimate of drug-likeness (QED) is 0.0119. The Morgan fingerprint density at radius 1 is 0.831 bits per heavy atom. The number of nitrogens with two attached hydrogens (primary N) is 1. The smallest absolute Gasteiger partial charge is 0.325 e. The van der Waals surface area contributed by atoms with Gasteiger partial charge in [-0.1, -0.05) is 55.7 Å². The lowest BCUT2D eigenvalue weighted by molar-refractivity contribution is -0.141. The van der Waals surface area contributed by atoms with Crippen LogP contribution in [0.2, 0.25) is 0 Å². The van der Waals surface area contributed by atoms with E-state index in [1.807, 2.05) is 60.5 Å². The Kier molecular flexibility index (Phi) is 28.2. The molecule has 5 amide bonds. The number of urea groups is 1. The fourth-order valence-corrected chi connectivity index (χ4v) is 9.39. The largest absolute Gasteiger partial charge is 0.497 e. The molecule has 3 aromatic carbocycles. The molecular formula is C61H83N11O10S. The van der Waals surface area contributed by atoms with Crippen LogP contribution < -0.4 is 36.0 Å². The normalized spacial score (nSPS) is 14.3. The molecule has 448 valence electrons. The molecule has 21 nitrogen and oxygen atoms in total. The van der Waals surface area contributed by atoms with E-state index in [2.05, 4.69) is 61.0 Å². The molecule has 4 aromatic rings. The van der Waals surface area contributed by atoms with Crippen molar-refractivity contribution < 1.29 is 47.6 Å². The number of hydrogen-bond donors (Lipinski definition) is 4. The third kappa shape index (κ3) is 23.7. The number of aryl methyl sites for hydroxylation is 1. The van der Waals surface area contributed by atoms with Gasteiger partial charge in [-0.05, 0) is 118 Å². The van der Waals surface area contributed by atoms with E-state index < -0.39 is 12.1 Å². The van der Waals surface area contributed by atoms with Crippen LogP contribution in [0, 0.1) is 0 Å². The van der Waals surface area contributed by atoms with Crippen molar-refractivity contribution in [2.24, 2.45) is 15.9 Å². The van der Waals surface area contributed by atoms with Gasteiger partial charge in [0.25, 0.3) is 0 Å². The summed E-state index contributed by atoms with van der Waals surface area (Å²) in [6.45, 7) is 16.4. The molecule has 2 aliphatic rings. The highest BCUT2D eigenvalue weighted by Gasteiger charge is 2.41. The lowest BCUT2D eigenvalue weighted by atomic mass is 10.0. The van der Waals surface area contributed by atoms with E-state index in [1.165, 1.54) is 11.3 Å². The predicted molar refractivity (Wildman–Crippen MR) is 326 cm³/mol. The average Bonchev–Trinajstić information content (AvgIpc) is 4.48. The van der Waals surface area contributed by atoms with E-state index in [-0.39, 0.29) is 49.8 Å². The number of carbonyl (C=O) groups is 4. The van der Waals surface area contributed by atoms with Crippen molar-refractivity contribution in [3.8, 4) is 17.2 Å². The average molecular weight is 1160 g/mol. The van der Waals surface area contributed by atoms with E-state index in [1.54, 1.807) is 66.1 Å². The van der Waals surface area contributed by atoms with Gasteiger partial charge in [-0.3, -0.25) is 24.7 Å². The summed E-state index contributed by atoms with van der Waals surface area (Å²) in [5, 5.41) is 14.5. The second-order valence-corrected chi connectivity index (χ2v) is 20.9. The molecule has 1 saturated heterocycles. The van der Waals surface area contributed by atoms with Crippen LogP contribution in [0.4, 0.5) is 15.6 Å². The van der Waals surface area contributed by atoms with Crippen LogP contribution in [0.3, 0.4) is 0 Å². The van der Waals surface area contributed by atoms with Gasteiger partial charge >= 0.3 is 6.03 Å². The Labute approximate surface area is 492 Å². The summed E-state index contributed by atoms with van der Waals surface area (Å²) in [6, 6.07) is 21.0. The molecule has 1 aromatic heterocycles. The van der Waals surface area contributed by atoms with Crippen LogP contribution >= 0.6 is 11.3 Å². The second kappa shape index (κ2) is 36.2. The maximum absolute atomic E-state index is 14.0. The number of carbonyl (C=O) groups excluding carboxylic acids is 4. The molecule has 0 radical (unpaired) electrons. The number of thiazole rings is 1. The zero-order chi connectivity index (χ0) is 59.0. The summed E-state index contributed by atoms with van der Waals surface area (Å²) < 4.78 is 34.3. The monoisotopic (exact) mass is 1160 g/mol. The number of hydrogen-bond acceptors (Lipinski definition) is 17. The van der Waals surface area contributed by atoms with Crippen LogP contribution in [0.25, 0.3) is 0 Å². The number of benzene rings is 3. The van der Waals surface area contributed by atoms with Gasteiger partial charge in [0.1, 0.15) is 35.6 Å². The number of anilines is 2. The zero-order valence-corrected chi connectivity index (χ0v) is 49.2. The van der Waals surface area contributed by atoms with Crippen molar-refractivity contribution in [1.29, 1.82) is 0 Å². The molecule has 1 aliphatic carbocycles. The Balaban J connectivity index is 0.744. The lowest BCUT2D eigenvalue weighted by Gasteiger charge is -2.32. The molecule has 1 saturated carbocycles. The molecule has 2 heterocycles. The van der Waals surface area contributed by atoms with E-state index in [9.17, 15) is 19.2 Å². The van der Waals surface area contributed by atoms with Crippen molar-refractivity contribution >= 4 is 57.8 Å². The number of piperazine rings is 1. The minimum absolute atomic E-state index is 0.00301. The highest BCUT2D eigenvalue weighted by Crippen LogP contribution is 2.36. The number of likely N-dealkylation sites (N-methyl/N-ethyl adjacent to an activating group) is 2. The van der Waals surface area contributed by atoms with Crippen molar-refractivity contribution in [2.45, 2.75) is 57.0 Å². The highest BCUT2D eigenvalue weighted by atomic mass is 32.1. The number of aromatic nitrogens is 1. The lowest BCUT2D eigenvalue weighted by Crippen LogP contribution is -2.47. The molecule has 83 heavy (non-hydrogen) atoms. The van der Waals surface area contributed by atoms with E-state index in [4.69, 9.17) is 34.3 Å². The van der Waals surface area contributed by atoms with E-state index in [0.717, 1.165) is 74.3 Å². The summed E-state index contributed by atoms with van der Waals surface area (Å²) in [7, 11) is 5.71. The molecule has 1 unspecified atom stereocenters. The SMILES string of the molecule is C=C/C=C(\C=C)CNC(=O)C(c1ccc(OC)cc1)N(C(=O)CCc1ccc(OCCCCN(C)CCOCCOC/C(C=NCCOCCOc2ccc(NC(=O)Nc3nc(CC(=O)N4CCN(C)CC4)cs3)cc2)=N/N)cc1)C1CC1. The number of nitrogens with one attached hydrogen (secondary N) is 3.